The molecule has 0 aliphatic rings. The predicted molar refractivity (Wildman–Crippen MR) is 144 cm³/mol. The number of nitrogens with two attached hydrogens (primary N) is 2. The van der Waals surface area contributed by atoms with Gasteiger partial charge in [-0.15, -0.1) is 0 Å². The Labute approximate surface area is 231 Å². The van der Waals surface area contributed by atoms with Crippen LogP contribution in [0.25, 0.3) is 0 Å². The zero-order valence-corrected chi connectivity index (χ0v) is 22.0. The van der Waals surface area contributed by atoms with Gasteiger partial charge < -0.3 is 42.6 Å². The lowest BCUT2D eigenvalue weighted by molar-refractivity contribution is -0.143. The zero-order valence-electron chi connectivity index (χ0n) is 22.0. The van der Waals surface area contributed by atoms with E-state index in [4.69, 9.17) is 16.6 Å². The van der Waals surface area contributed by atoms with Crippen LogP contribution < -0.4 is 27.4 Å². The highest BCUT2D eigenvalue weighted by atomic mass is 16.4. The summed E-state index contributed by atoms with van der Waals surface area (Å²) in [6.45, 7) is 0.357. The Morgan fingerprint density at radius 1 is 0.850 bits per heavy atom. The topological polar surface area (TPSA) is 243 Å². The summed E-state index contributed by atoms with van der Waals surface area (Å²) in [6.07, 6.45) is 3.38. The molecule has 3 amide bonds. The molecular formula is C26H37N7O7. The molecule has 218 valence electrons. The molecule has 14 heteroatoms. The molecule has 0 spiro atoms. The SMILES string of the molecule is NCCCC[C@H](NC(=O)[C@H](CCC(=O)O)NC(=O)[C@H](Cc1cnc[nH]1)NC(=O)[C@@H](N)Cc1ccccc1)C(=O)O. The summed E-state index contributed by atoms with van der Waals surface area (Å²) in [5.41, 5.74) is 12.9. The number of hydrogen-bond donors (Lipinski definition) is 8. The summed E-state index contributed by atoms with van der Waals surface area (Å²) in [7, 11) is 0. The van der Waals surface area contributed by atoms with Crippen molar-refractivity contribution in [2.45, 2.75) is 69.1 Å². The number of rotatable bonds is 18. The molecule has 1 aromatic carbocycles. The lowest BCUT2D eigenvalue weighted by atomic mass is 10.0. The van der Waals surface area contributed by atoms with Crippen LogP contribution in [-0.2, 0) is 36.8 Å². The highest BCUT2D eigenvalue weighted by Crippen LogP contribution is 2.07. The first-order chi connectivity index (χ1) is 19.1. The molecule has 0 aliphatic heterocycles. The quantitative estimate of drug-likeness (QED) is 0.104. The highest BCUT2D eigenvalue weighted by molar-refractivity contribution is 5.94. The van der Waals surface area contributed by atoms with Gasteiger partial charge in [0.1, 0.15) is 18.1 Å². The lowest BCUT2D eigenvalue weighted by Gasteiger charge is -2.25. The third-order valence-corrected chi connectivity index (χ3v) is 6.09. The van der Waals surface area contributed by atoms with E-state index in [0.29, 0.717) is 25.1 Å². The number of H-pyrrole nitrogens is 1. The summed E-state index contributed by atoms with van der Waals surface area (Å²) >= 11 is 0. The molecule has 1 aromatic heterocycles. The van der Waals surface area contributed by atoms with E-state index >= 15 is 0 Å². The zero-order chi connectivity index (χ0) is 29.5. The van der Waals surface area contributed by atoms with Crippen molar-refractivity contribution in [2.24, 2.45) is 11.5 Å². The van der Waals surface area contributed by atoms with Crippen molar-refractivity contribution in [1.29, 1.82) is 0 Å². The molecule has 40 heavy (non-hydrogen) atoms. The van der Waals surface area contributed by atoms with Gasteiger partial charge in [0.15, 0.2) is 0 Å². The number of imidazole rings is 1. The molecule has 2 aromatic rings. The summed E-state index contributed by atoms with van der Waals surface area (Å²) in [4.78, 5) is 68.8. The minimum absolute atomic E-state index is 0.0280. The Bertz CT molecular complexity index is 1110. The van der Waals surface area contributed by atoms with Crippen LogP contribution in [0.2, 0.25) is 0 Å². The summed E-state index contributed by atoms with van der Waals surface area (Å²) < 4.78 is 0. The average molecular weight is 560 g/mol. The third kappa shape index (κ3) is 11.2. The molecule has 14 nitrogen and oxygen atoms in total. The lowest BCUT2D eigenvalue weighted by Crippen LogP contribution is -2.57. The minimum Gasteiger partial charge on any atom is -0.481 e. The number of carbonyl (C=O) groups excluding carboxylic acids is 3. The summed E-state index contributed by atoms with van der Waals surface area (Å²) in [5.74, 6) is -4.73. The van der Waals surface area contributed by atoms with Crippen LogP contribution in [0.3, 0.4) is 0 Å². The second-order valence-electron chi connectivity index (χ2n) is 9.32. The molecular weight excluding hydrogens is 522 g/mol. The van der Waals surface area contributed by atoms with E-state index in [1.54, 1.807) is 0 Å². The molecule has 0 fully saturated rings. The Morgan fingerprint density at radius 3 is 2.10 bits per heavy atom. The molecule has 0 unspecified atom stereocenters. The largest absolute Gasteiger partial charge is 0.481 e. The van der Waals surface area contributed by atoms with Gasteiger partial charge in [-0.1, -0.05) is 30.3 Å². The fourth-order valence-corrected chi connectivity index (χ4v) is 3.90. The Hall–Kier alpha value is -4.30. The van der Waals surface area contributed by atoms with Gasteiger partial charge >= 0.3 is 11.9 Å². The summed E-state index contributed by atoms with van der Waals surface area (Å²) in [6, 6.07) is 4.27. The van der Waals surface area contributed by atoms with Crippen molar-refractivity contribution in [3.05, 3.63) is 54.1 Å². The van der Waals surface area contributed by atoms with Crippen LogP contribution in [-0.4, -0.2) is 80.6 Å². The number of amides is 3. The number of nitrogens with zero attached hydrogens (tertiary/aromatic N) is 1. The third-order valence-electron chi connectivity index (χ3n) is 6.09. The number of unbranched alkanes of at least 4 members (excludes halogenated alkanes) is 1. The van der Waals surface area contributed by atoms with E-state index in [1.807, 2.05) is 30.3 Å². The van der Waals surface area contributed by atoms with Crippen molar-refractivity contribution in [2.75, 3.05) is 6.54 Å². The molecule has 0 saturated heterocycles. The van der Waals surface area contributed by atoms with Crippen LogP contribution in [0.1, 0.15) is 43.4 Å². The maximum Gasteiger partial charge on any atom is 0.326 e. The van der Waals surface area contributed by atoms with E-state index < -0.39 is 60.2 Å². The van der Waals surface area contributed by atoms with Gasteiger partial charge in [-0.2, -0.15) is 0 Å². The monoisotopic (exact) mass is 559 g/mol. The number of carbonyl (C=O) groups is 5. The van der Waals surface area contributed by atoms with E-state index in [9.17, 15) is 29.1 Å². The fourth-order valence-electron chi connectivity index (χ4n) is 3.90. The molecule has 1 heterocycles. The number of aromatic nitrogens is 2. The van der Waals surface area contributed by atoms with Gasteiger partial charge in [0.05, 0.1) is 12.4 Å². The van der Waals surface area contributed by atoms with Crippen LogP contribution in [0.15, 0.2) is 42.9 Å². The molecule has 0 aliphatic carbocycles. The fraction of sp³-hybridized carbons (Fsp3) is 0.462. The first-order valence-corrected chi connectivity index (χ1v) is 12.9. The number of carboxylic acids is 2. The Kier molecular flexibility index (Phi) is 13.3. The average Bonchev–Trinajstić information content (AvgIpc) is 3.43. The first kappa shape index (κ1) is 31.9. The Balaban J connectivity index is 2.17. The van der Waals surface area contributed by atoms with Gasteiger partial charge in [0.2, 0.25) is 17.7 Å². The number of aromatic amines is 1. The molecule has 0 saturated carbocycles. The van der Waals surface area contributed by atoms with Crippen molar-refractivity contribution < 1.29 is 34.2 Å². The number of aliphatic carboxylic acids is 2. The molecule has 10 N–H and O–H groups in total. The second-order valence-corrected chi connectivity index (χ2v) is 9.32. The maximum atomic E-state index is 13.3. The Morgan fingerprint density at radius 2 is 1.50 bits per heavy atom. The van der Waals surface area contributed by atoms with Crippen molar-refractivity contribution >= 4 is 29.7 Å². The van der Waals surface area contributed by atoms with Gasteiger partial charge in [-0.05, 0) is 44.2 Å². The van der Waals surface area contributed by atoms with Crippen LogP contribution in [0.4, 0.5) is 0 Å². The standard InChI is InChI=1S/C26H37N7O7/c27-11-5-4-8-20(26(39)40)32-24(37)19(9-10-22(34)35)31-25(38)21(13-17-14-29-15-30-17)33-23(36)18(28)12-16-6-2-1-3-7-16/h1-3,6-7,14-15,18-21H,4-5,8-13,27-28H2,(H,29,30)(H,31,38)(H,32,37)(H,33,36)(H,34,35)(H,39,40)/t18-,19-,20-,21-/m0/s1. The maximum absolute atomic E-state index is 13.3. The van der Waals surface area contributed by atoms with E-state index in [1.165, 1.54) is 12.5 Å². The molecule has 0 radical (unpaired) electrons. The van der Waals surface area contributed by atoms with Gasteiger partial charge in [0, 0.05) is 24.7 Å². The second kappa shape index (κ2) is 16.6. The number of benzene rings is 1. The highest BCUT2D eigenvalue weighted by Gasteiger charge is 2.31. The van der Waals surface area contributed by atoms with Gasteiger partial charge in [-0.25, -0.2) is 9.78 Å². The van der Waals surface area contributed by atoms with Gasteiger partial charge in [0.25, 0.3) is 0 Å². The van der Waals surface area contributed by atoms with E-state index in [0.717, 1.165) is 5.56 Å². The molecule has 2 rings (SSSR count). The van der Waals surface area contributed by atoms with Crippen LogP contribution in [0, 0.1) is 0 Å². The van der Waals surface area contributed by atoms with Crippen molar-refractivity contribution in [1.82, 2.24) is 25.9 Å². The predicted octanol–water partition coefficient (Wildman–Crippen LogP) is -0.945. The smallest absolute Gasteiger partial charge is 0.326 e. The van der Waals surface area contributed by atoms with Crippen LogP contribution in [0.5, 0.6) is 0 Å². The van der Waals surface area contributed by atoms with Gasteiger partial charge in [-0.3, -0.25) is 19.2 Å². The molecule has 0 bridgehead atoms. The number of nitrogens with one attached hydrogen (secondary N) is 4. The first-order valence-electron chi connectivity index (χ1n) is 12.9. The van der Waals surface area contributed by atoms with Crippen molar-refractivity contribution in [3.8, 4) is 0 Å². The molecule has 4 atom stereocenters. The van der Waals surface area contributed by atoms with E-state index in [-0.39, 0.29) is 25.7 Å². The summed E-state index contributed by atoms with van der Waals surface area (Å²) in [5, 5.41) is 26.1. The number of carboxylic acid groups (broad SMARTS) is 2. The number of hydrogen-bond acceptors (Lipinski definition) is 8. The normalized spacial score (nSPS) is 13.8. The van der Waals surface area contributed by atoms with Crippen LogP contribution >= 0.6 is 0 Å². The van der Waals surface area contributed by atoms with Crippen molar-refractivity contribution in [3.63, 3.8) is 0 Å². The van der Waals surface area contributed by atoms with E-state index in [2.05, 4.69) is 25.9 Å². The minimum atomic E-state index is -1.38.